The van der Waals surface area contributed by atoms with E-state index in [2.05, 4.69) is 16.6 Å². The van der Waals surface area contributed by atoms with Gasteiger partial charge in [0.25, 0.3) is 0 Å². The molecule has 0 aliphatic heterocycles. The maximum atomic E-state index is 10.5. The summed E-state index contributed by atoms with van der Waals surface area (Å²) in [6.07, 6.45) is 11.4. The Labute approximate surface area is 115 Å². The Morgan fingerprint density at radius 3 is 2.16 bits per heavy atom. The van der Waals surface area contributed by atoms with E-state index < -0.39 is 10.9 Å². The average Bonchev–Trinajstić information content (AvgIpc) is 2.37. The van der Waals surface area contributed by atoms with Crippen LogP contribution in [0.4, 0.5) is 5.69 Å². The van der Waals surface area contributed by atoms with Crippen LogP contribution in [0.2, 0.25) is 0 Å². The topological polar surface area (TPSA) is 49.4 Å². The van der Waals surface area contributed by atoms with Crippen LogP contribution in [0.25, 0.3) is 0 Å². The zero-order valence-electron chi connectivity index (χ0n) is 10.5. The summed E-state index contributed by atoms with van der Waals surface area (Å²) in [5, 5.41) is 0. The molecule has 19 heavy (non-hydrogen) atoms. The minimum absolute atomic E-state index is 0.528. The first-order valence-electron chi connectivity index (χ1n) is 5.75. The van der Waals surface area contributed by atoms with E-state index in [1.807, 2.05) is 17.0 Å². The van der Waals surface area contributed by atoms with Crippen LogP contribution in [0.15, 0.2) is 24.3 Å². The molecule has 100 valence electrons. The quantitative estimate of drug-likeness (QED) is 0.570. The molecule has 0 saturated heterocycles. The van der Waals surface area contributed by atoms with Crippen molar-refractivity contribution in [3.63, 3.8) is 0 Å². The van der Waals surface area contributed by atoms with Gasteiger partial charge in [0, 0.05) is 12.2 Å². The van der Waals surface area contributed by atoms with Crippen LogP contribution >= 0.6 is 0 Å². The molecule has 1 aromatic carbocycles. The minimum Gasteiger partial charge on any atom is -0.286 e. The predicted octanol–water partition coefficient (Wildman–Crippen LogP) is 0.736. The lowest BCUT2D eigenvalue weighted by Gasteiger charge is -2.16. The maximum absolute atomic E-state index is 10.5. The predicted molar refractivity (Wildman–Crippen MR) is 78.2 cm³/mol. The molecule has 0 radical (unpaired) electrons. The number of anilines is 1. The minimum atomic E-state index is -2.62. The van der Waals surface area contributed by atoms with E-state index in [1.165, 1.54) is 0 Å². The molecule has 0 unspecified atom stereocenters. The van der Waals surface area contributed by atoms with Gasteiger partial charge in [-0.1, -0.05) is 24.0 Å². The molecule has 1 aromatic rings. The van der Waals surface area contributed by atoms with Crippen LogP contribution in [0.1, 0.15) is 5.56 Å². The Hall–Kier alpha value is -1.95. The van der Waals surface area contributed by atoms with Crippen molar-refractivity contribution < 1.29 is 8.42 Å². The molecular formula is C14H16N2O2S. The Morgan fingerprint density at radius 1 is 1.11 bits per heavy atom. The molecule has 0 heterocycles. The molecular weight excluding hydrogens is 260 g/mol. The number of terminal acetylenes is 2. The first-order valence-corrected chi connectivity index (χ1v) is 6.92. The van der Waals surface area contributed by atoms with E-state index in [1.54, 1.807) is 12.1 Å². The van der Waals surface area contributed by atoms with Crippen molar-refractivity contribution in [2.75, 3.05) is 24.4 Å². The monoisotopic (exact) mass is 276 g/mol. The summed E-state index contributed by atoms with van der Waals surface area (Å²) in [6, 6.07) is 7.22. The van der Waals surface area contributed by atoms with Crippen molar-refractivity contribution in [2.24, 2.45) is 0 Å². The normalized spacial score (nSPS) is 10.1. The first-order chi connectivity index (χ1) is 9.15. The van der Waals surface area contributed by atoms with E-state index in [0.29, 0.717) is 18.8 Å². The SMILES string of the molecule is C#CCN(CC#C)CCc1ccc(N[SH](=O)=O)cc1. The third-order valence-electron chi connectivity index (χ3n) is 2.52. The van der Waals surface area contributed by atoms with E-state index in [-0.39, 0.29) is 0 Å². The number of nitrogens with one attached hydrogen (secondary N) is 1. The second-order valence-electron chi connectivity index (χ2n) is 3.93. The Kier molecular flexibility index (Phi) is 6.52. The highest BCUT2D eigenvalue weighted by Gasteiger charge is 2.02. The van der Waals surface area contributed by atoms with Gasteiger partial charge in [0.1, 0.15) is 0 Å². The lowest BCUT2D eigenvalue weighted by Crippen LogP contribution is -2.26. The Balaban J connectivity index is 2.53. The molecule has 5 heteroatoms. The number of benzene rings is 1. The number of nitrogens with zero attached hydrogens (tertiary/aromatic N) is 1. The van der Waals surface area contributed by atoms with Crippen LogP contribution in [-0.4, -0.2) is 33.0 Å². The summed E-state index contributed by atoms with van der Waals surface area (Å²) in [4.78, 5) is 2.00. The fraction of sp³-hybridized carbons (Fsp3) is 0.286. The maximum Gasteiger partial charge on any atom is 0.222 e. The zero-order valence-corrected chi connectivity index (χ0v) is 11.4. The summed E-state index contributed by atoms with van der Waals surface area (Å²) < 4.78 is 23.3. The van der Waals surface area contributed by atoms with Gasteiger partial charge < -0.3 is 0 Å². The third-order valence-corrected chi connectivity index (χ3v) is 2.96. The Morgan fingerprint density at radius 2 is 1.68 bits per heavy atom. The van der Waals surface area contributed by atoms with Crippen molar-refractivity contribution in [1.82, 2.24) is 4.90 Å². The van der Waals surface area contributed by atoms with Gasteiger partial charge in [-0.15, -0.1) is 12.8 Å². The second-order valence-corrected chi connectivity index (χ2v) is 4.67. The summed E-state index contributed by atoms with van der Waals surface area (Å²) in [6.45, 7) is 1.83. The number of thiol groups is 1. The van der Waals surface area contributed by atoms with Gasteiger partial charge in [0.15, 0.2) is 0 Å². The molecule has 0 aliphatic rings. The smallest absolute Gasteiger partial charge is 0.222 e. The van der Waals surface area contributed by atoms with Crippen molar-refractivity contribution in [2.45, 2.75) is 6.42 Å². The highest BCUT2D eigenvalue weighted by Crippen LogP contribution is 2.10. The second kappa shape index (κ2) is 8.20. The molecule has 1 rings (SSSR count). The average molecular weight is 276 g/mol. The molecule has 0 aromatic heterocycles. The van der Waals surface area contributed by atoms with Gasteiger partial charge in [-0.3, -0.25) is 9.62 Å². The molecule has 0 saturated carbocycles. The van der Waals surface area contributed by atoms with E-state index in [4.69, 9.17) is 12.8 Å². The highest BCUT2D eigenvalue weighted by atomic mass is 32.2. The zero-order chi connectivity index (χ0) is 14.1. The molecule has 0 aliphatic carbocycles. The molecule has 4 nitrogen and oxygen atoms in total. The van der Waals surface area contributed by atoms with Crippen LogP contribution in [-0.2, 0) is 17.3 Å². The van der Waals surface area contributed by atoms with E-state index >= 15 is 0 Å². The third kappa shape index (κ3) is 5.96. The van der Waals surface area contributed by atoms with Crippen LogP contribution in [0.3, 0.4) is 0 Å². The van der Waals surface area contributed by atoms with Crippen molar-refractivity contribution in [3.05, 3.63) is 29.8 Å². The van der Waals surface area contributed by atoms with Crippen LogP contribution in [0, 0.1) is 24.7 Å². The first kappa shape index (κ1) is 15.1. The lowest BCUT2D eigenvalue weighted by molar-refractivity contribution is 0.350. The van der Waals surface area contributed by atoms with E-state index in [0.717, 1.165) is 18.5 Å². The van der Waals surface area contributed by atoms with Crippen molar-refractivity contribution in [3.8, 4) is 24.7 Å². The van der Waals surface area contributed by atoms with Gasteiger partial charge >= 0.3 is 0 Å². The molecule has 0 bridgehead atoms. The fourth-order valence-electron chi connectivity index (χ4n) is 1.61. The summed E-state index contributed by atoms with van der Waals surface area (Å²) >= 11 is 0. The summed E-state index contributed by atoms with van der Waals surface area (Å²) in [7, 11) is -2.62. The van der Waals surface area contributed by atoms with Gasteiger partial charge in [0.2, 0.25) is 10.9 Å². The van der Waals surface area contributed by atoms with E-state index in [9.17, 15) is 8.42 Å². The van der Waals surface area contributed by atoms with Crippen molar-refractivity contribution >= 4 is 16.6 Å². The number of rotatable bonds is 7. The van der Waals surface area contributed by atoms with Gasteiger partial charge in [-0.2, -0.15) is 0 Å². The fourth-order valence-corrected chi connectivity index (χ4v) is 1.97. The molecule has 0 spiro atoms. The number of hydrogen-bond donors (Lipinski definition) is 2. The van der Waals surface area contributed by atoms with Crippen LogP contribution < -0.4 is 4.72 Å². The number of hydrogen-bond acceptors (Lipinski definition) is 3. The van der Waals surface area contributed by atoms with Gasteiger partial charge in [-0.05, 0) is 24.1 Å². The highest BCUT2D eigenvalue weighted by molar-refractivity contribution is 7.73. The molecule has 0 atom stereocenters. The molecule has 0 fully saturated rings. The van der Waals surface area contributed by atoms with Crippen molar-refractivity contribution in [1.29, 1.82) is 0 Å². The molecule has 1 N–H and O–H groups in total. The van der Waals surface area contributed by atoms with Crippen LogP contribution in [0.5, 0.6) is 0 Å². The molecule has 0 amide bonds. The Bertz CT molecular complexity index is 526. The van der Waals surface area contributed by atoms with Gasteiger partial charge in [-0.25, -0.2) is 8.42 Å². The summed E-state index contributed by atoms with van der Waals surface area (Å²) in [5.74, 6) is 5.15. The summed E-state index contributed by atoms with van der Waals surface area (Å²) in [5.41, 5.74) is 1.66. The lowest BCUT2D eigenvalue weighted by atomic mass is 10.1. The standard InChI is InChI=1S/C14H16N2O2S/c1-3-10-16(11-4-2)12-9-13-5-7-14(8-6-13)15-19(17)18/h1-2,5-8,19H,9-12H2,(H,15,17,18). The largest absolute Gasteiger partial charge is 0.286 e. The van der Waals surface area contributed by atoms with Gasteiger partial charge in [0.05, 0.1) is 13.1 Å².